The molecule has 0 aliphatic carbocycles. The summed E-state index contributed by atoms with van der Waals surface area (Å²) in [5, 5.41) is 4.55. The van der Waals surface area contributed by atoms with Crippen molar-refractivity contribution in [1.29, 1.82) is 0 Å². The van der Waals surface area contributed by atoms with E-state index >= 15 is 0 Å². The van der Waals surface area contributed by atoms with E-state index in [0.717, 1.165) is 18.5 Å². The Labute approximate surface area is 122 Å². The van der Waals surface area contributed by atoms with Crippen LogP contribution in [-0.2, 0) is 16.0 Å². The molecule has 0 unspecified atom stereocenters. The van der Waals surface area contributed by atoms with Gasteiger partial charge in [0.25, 0.3) is 0 Å². The predicted octanol–water partition coefficient (Wildman–Crippen LogP) is 3.56. The fourth-order valence-electron chi connectivity index (χ4n) is 2.71. The molecule has 4 nitrogen and oxygen atoms in total. The van der Waals surface area contributed by atoms with Gasteiger partial charge in [0.15, 0.2) is 5.78 Å². The Hall–Kier alpha value is -1.16. The molecule has 4 heteroatoms. The predicted molar refractivity (Wildman–Crippen MR) is 80.9 cm³/mol. The summed E-state index contributed by atoms with van der Waals surface area (Å²) >= 11 is 0. The summed E-state index contributed by atoms with van der Waals surface area (Å²) in [6.45, 7) is 8.30. The van der Waals surface area contributed by atoms with Crippen LogP contribution >= 0.6 is 0 Å². The fraction of sp³-hybridized carbons (Fsp3) is 0.750. The highest BCUT2D eigenvalue weighted by Crippen LogP contribution is 2.23. The van der Waals surface area contributed by atoms with E-state index < -0.39 is 5.60 Å². The van der Waals surface area contributed by atoms with Gasteiger partial charge in [-0.2, -0.15) is 5.10 Å². The molecular formula is C16H28N2O2. The highest BCUT2D eigenvalue weighted by Gasteiger charge is 2.34. The van der Waals surface area contributed by atoms with Gasteiger partial charge in [-0.3, -0.25) is 9.48 Å². The molecule has 1 rings (SSSR count). The normalized spacial score (nSPS) is 12.1. The van der Waals surface area contributed by atoms with E-state index in [9.17, 15) is 4.79 Å². The standard InChI is InChI=1S/C16H28N2O2/c1-6-14(7-2)18-11-10-13(17-18)12-15(19)16(8-3,9-4)20-5/h10-11,14H,6-9,12H2,1-5H3. The number of carbonyl (C=O) groups excluding carboxylic acids is 1. The Morgan fingerprint density at radius 3 is 2.35 bits per heavy atom. The number of aromatic nitrogens is 2. The number of hydrogen-bond donors (Lipinski definition) is 0. The van der Waals surface area contributed by atoms with E-state index in [2.05, 4.69) is 18.9 Å². The van der Waals surface area contributed by atoms with Gasteiger partial charge in [-0.25, -0.2) is 0 Å². The van der Waals surface area contributed by atoms with Crippen LogP contribution in [0.2, 0.25) is 0 Å². The molecule has 0 aliphatic heterocycles. The van der Waals surface area contributed by atoms with Crippen LogP contribution in [0.15, 0.2) is 12.3 Å². The molecule has 0 amide bonds. The Morgan fingerprint density at radius 2 is 1.90 bits per heavy atom. The molecule has 1 aromatic heterocycles. The van der Waals surface area contributed by atoms with E-state index in [-0.39, 0.29) is 5.78 Å². The number of methoxy groups -OCH3 is 1. The number of Topliss-reactive ketones (excluding diaryl/α,β-unsaturated/α-hetero) is 1. The Balaban J connectivity index is 2.81. The molecule has 0 saturated heterocycles. The molecule has 114 valence electrons. The molecule has 0 bridgehead atoms. The van der Waals surface area contributed by atoms with Crippen LogP contribution < -0.4 is 0 Å². The average molecular weight is 280 g/mol. The molecular weight excluding hydrogens is 252 g/mol. The van der Waals surface area contributed by atoms with Crippen LogP contribution in [0, 0.1) is 0 Å². The van der Waals surface area contributed by atoms with E-state index in [1.807, 2.05) is 30.8 Å². The average Bonchev–Trinajstić information content (AvgIpc) is 2.91. The lowest BCUT2D eigenvalue weighted by Crippen LogP contribution is -2.40. The molecule has 0 N–H and O–H groups in total. The molecule has 1 aromatic rings. The minimum absolute atomic E-state index is 0.125. The van der Waals surface area contributed by atoms with Crippen molar-refractivity contribution in [3.05, 3.63) is 18.0 Å². The van der Waals surface area contributed by atoms with Gasteiger partial charge in [0.05, 0.1) is 18.2 Å². The molecule has 0 saturated carbocycles. The van der Waals surface area contributed by atoms with Crippen LogP contribution in [0.3, 0.4) is 0 Å². The first kappa shape index (κ1) is 16.9. The second kappa shape index (κ2) is 7.58. The van der Waals surface area contributed by atoms with E-state index in [4.69, 9.17) is 4.74 Å². The number of carbonyl (C=O) groups is 1. The van der Waals surface area contributed by atoms with E-state index in [1.165, 1.54) is 0 Å². The van der Waals surface area contributed by atoms with Crippen molar-refractivity contribution in [3.63, 3.8) is 0 Å². The summed E-state index contributed by atoms with van der Waals surface area (Å²) in [7, 11) is 1.62. The lowest BCUT2D eigenvalue weighted by molar-refractivity contribution is -0.141. The zero-order valence-corrected chi connectivity index (χ0v) is 13.5. The third kappa shape index (κ3) is 3.48. The Kier molecular flexibility index (Phi) is 6.40. The SMILES string of the molecule is CCC(CC)n1ccc(CC(=O)C(CC)(CC)OC)n1. The van der Waals surface area contributed by atoms with Gasteiger partial charge in [0.1, 0.15) is 5.60 Å². The van der Waals surface area contributed by atoms with Gasteiger partial charge in [-0.1, -0.05) is 27.7 Å². The molecule has 0 aliphatic rings. The quantitative estimate of drug-likeness (QED) is 0.694. The zero-order valence-electron chi connectivity index (χ0n) is 13.5. The van der Waals surface area contributed by atoms with Crippen molar-refractivity contribution >= 4 is 5.78 Å². The number of rotatable bonds is 9. The molecule has 20 heavy (non-hydrogen) atoms. The van der Waals surface area contributed by atoms with Gasteiger partial charge in [-0.15, -0.1) is 0 Å². The van der Waals surface area contributed by atoms with Crippen LogP contribution in [0.1, 0.15) is 65.1 Å². The highest BCUT2D eigenvalue weighted by molar-refractivity contribution is 5.88. The summed E-state index contributed by atoms with van der Waals surface area (Å²) < 4.78 is 7.46. The zero-order chi connectivity index (χ0) is 15.2. The largest absolute Gasteiger partial charge is 0.370 e. The third-order valence-electron chi connectivity index (χ3n) is 4.36. The minimum atomic E-state index is -0.654. The van der Waals surface area contributed by atoms with E-state index in [0.29, 0.717) is 25.3 Å². The maximum Gasteiger partial charge on any atom is 0.170 e. The van der Waals surface area contributed by atoms with Crippen molar-refractivity contribution in [1.82, 2.24) is 9.78 Å². The summed E-state index contributed by atoms with van der Waals surface area (Å²) in [5.41, 5.74) is 0.184. The fourth-order valence-corrected chi connectivity index (χ4v) is 2.71. The van der Waals surface area contributed by atoms with Crippen molar-refractivity contribution in [2.24, 2.45) is 0 Å². The Morgan fingerprint density at radius 1 is 1.30 bits per heavy atom. The van der Waals surface area contributed by atoms with E-state index in [1.54, 1.807) is 7.11 Å². The lowest BCUT2D eigenvalue weighted by atomic mass is 9.89. The van der Waals surface area contributed by atoms with Crippen molar-refractivity contribution in [3.8, 4) is 0 Å². The smallest absolute Gasteiger partial charge is 0.170 e. The van der Waals surface area contributed by atoms with Gasteiger partial charge in [0.2, 0.25) is 0 Å². The van der Waals surface area contributed by atoms with Gasteiger partial charge >= 0.3 is 0 Å². The highest BCUT2D eigenvalue weighted by atomic mass is 16.5. The monoisotopic (exact) mass is 280 g/mol. The van der Waals surface area contributed by atoms with Crippen LogP contribution in [-0.4, -0.2) is 28.3 Å². The second-order valence-electron chi connectivity index (χ2n) is 5.26. The van der Waals surface area contributed by atoms with Crippen LogP contribution in [0.25, 0.3) is 0 Å². The molecule has 0 atom stereocenters. The number of nitrogens with zero attached hydrogens (tertiary/aromatic N) is 2. The summed E-state index contributed by atoms with van der Waals surface area (Å²) in [5.74, 6) is 0.125. The molecule has 0 aromatic carbocycles. The van der Waals surface area contributed by atoms with Crippen molar-refractivity contribution in [2.75, 3.05) is 7.11 Å². The first-order valence-corrected chi connectivity index (χ1v) is 7.69. The van der Waals surface area contributed by atoms with Crippen LogP contribution in [0.5, 0.6) is 0 Å². The lowest BCUT2D eigenvalue weighted by Gasteiger charge is -2.28. The topological polar surface area (TPSA) is 44.1 Å². The van der Waals surface area contributed by atoms with Crippen LogP contribution in [0.4, 0.5) is 0 Å². The van der Waals surface area contributed by atoms with Crippen molar-refractivity contribution < 1.29 is 9.53 Å². The van der Waals surface area contributed by atoms with Gasteiger partial charge in [-0.05, 0) is 31.7 Å². The number of ether oxygens (including phenoxy) is 1. The summed E-state index contributed by atoms with van der Waals surface area (Å²) in [6, 6.07) is 2.37. The molecule has 0 spiro atoms. The van der Waals surface area contributed by atoms with Crippen molar-refractivity contribution in [2.45, 2.75) is 71.4 Å². The number of ketones is 1. The third-order valence-corrected chi connectivity index (χ3v) is 4.36. The molecule has 0 radical (unpaired) electrons. The first-order chi connectivity index (χ1) is 9.56. The summed E-state index contributed by atoms with van der Waals surface area (Å²) in [4.78, 5) is 12.5. The van der Waals surface area contributed by atoms with Gasteiger partial charge in [0, 0.05) is 13.3 Å². The maximum atomic E-state index is 12.5. The molecule has 0 fully saturated rings. The minimum Gasteiger partial charge on any atom is -0.370 e. The Bertz CT molecular complexity index is 410. The maximum absolute atomic E-state index is 12.5. The first-order valence-electron chi connectivity index (χ1n) is 7.69. The summed E-state index contributed by atoms with van der Waals surface area (Å²) in [6.07, 6.45) is 5.84. The number of hydrogen-bond acceptors (Lipinski definition) is 3. The second-order valence-corrected chi connectivity index (χ2v) is 5.26. The molecule has 1 heterocycles. The van der Waals surface area contributed by atoms with Gasteiger partial charge < -0.3 is 4.74 Å².